The topological polar surface area (TPSA) is 41.1 Å². The van der Waals surface area contributed by atoms with Crippen molar-refractivity contribution in [2.24, 2.45) is 0 Å². The summed E-state index contributed by atoms with van der Waals surface area (Å²) in [4.78, 5) is 12.7. The van der Waals surface area contributed by atoms with Crippen molar-refractivity contribution >= 4 is 30.1 Å². The summed E-state index contributed by atoms with van der Waals surface area (Å²) < 4.78 is 0. The van der Waals surface area contributed by atoms with Crippen LogP contribution in [0.15, 0.2) is 24.3 Å². The highest BCUT2D eigenvalue weighted by Crippen LogP contribution is 2.37. The number of fused-ring (bicyclic) bond motifs is 3. The molecule has 0 spiro atoms. The summed E-state index contributed by atoms with van der Waals surface area (Å²) in [5.74, 6) is 1.27. The molecule has 3 heterocycles. The van der Waals surface area contributed by atoms with Gasteiger partial charge in [-0.2, -0.15) is 0 Å². The van der Waals surface area contributed by atoms with Crippen LogP contribution in [0.2, 0.25) is 0 Å². The lowest BCUT2D eigenvalue weighted by molar-refractivity contribution is -0.121. The Balaban J connectivity index is 0.00000144. The van der Waals surface area contributed by atoms with Gasteiger partial charge >= 0.3 is 0 Å². The minimum Gasteiger partial charge on any atom is -0.352 e. The van der Waals surface area contributed by atoms with E-state index in [1.165, 1.54) is 24.0 Å². The molecule has 3 nitrogen and oxygen atoms in total. The molecule has 0 aliphatic carbocycles. The van der Waals surface area contributed by atoms with Gasteiger partial charge in [-0.15, -0.1) is 24.2 Å². The normalized spacial score (nSPS) is 32.7. The Bertz CT molecular complexity index is 541. The Labute approximate surface area is 142 Å². The third-order valence-electron chi connectivity index (χ3n) is 5.05. The summed E-state index contributed by atoms with van der Waals surface area (Å²) in [5, 5.41) is 6.95. The molecule has 1 amide bonds. The zero-order valence-electron chi connectivity index (χ0n) is 12.6. The Morgan fingerprint density at radius 1 is 1.18 bits per heavy atom. The maximum Gasteiger partial charge on any atom is 0.237 e. The molecule has 1 aromatic rings. The fourth-order valence-electron chi connectivity index (χ4n) is 4.06. The molecule has 3 aliphatic rings. The largest absolute Gasteiger partial charge is 0.352 e. The predicted molar refractivity (Wildman–Crippen MR) is 93.7 cm³/mol. The summed E-state index contributed by atoms with van der Waals surface area (Å²) >= 11 is 1.79. The first-order chi connectivity index (χ1) is 10.3. The van der Waals surface area contributed by atoms with Crippen LogP contribution in [-0.4, -0.2) is 29.8 Å². The Hall–Kier alpha value is -0.710. The average molecular weight is 339 g/mol. The van der Waals surface area contributed by atoms with Gasteiger partial charge in [0.05, 0.1) is 0 Å². The Morgan fingerprint density at radius 2 is 1.91 bits per heavy atom. The van der Waals surface area contributed by atoms with Crippen molar-refractivity contribution in [3.8, 4) is 0 Å². The first kappa shape index (κ1) is 16.2. The molecule has 120 valence electrons. The van der Waals surface area contributed by atoms with Crippen molar-refractivity contribution in [1.29, 1.82) is 0 Å². The predicted octanol–water partition coefficient (Wildman–Crippen LogP) is 2.84. The van der Waals surface area contributed by atoms with E-state index in [0.29, 0.717) is 18.1 Å². The zero-order chi connectivity index (χ0) is 14.2. The van der Waals surface area contributed by atoms with Crippen LogP contribution in [0.3, 0.4) is 0 Å². The Morgan fingerprint density at radius 3 is 2.68 bits per heavy atom. The smallest absolute Gasteiger partial charge is 0.237 e. The highest BCUT2D eigenvalue weighted by molar-refractivity contribution is 8.00. The summed E-state index contributed by atoms with van der Waals surface area (Å²) in [7, 11) is 0. The zero-order valence-corrected chi connectivity index (χ0v) is 14.2. The number of amides is 1. The van der Waals surface area contributed by atoms with Gasteiger partial charge in [-0.3, -0.25) is 4.79 Å². The second-order valence-corrected chi connectivity index (χ2v) is 7.73. The molecule has 2 N–H and O–H groups in total. The average Bonchev–Trinajstić information content (AvgIpc) is 2.85. The third-order valence-corrected chi connectivity index (χ3v) is 6.29. The van der Waals surface area contributed by atoms with Gasteiger partial charge in [0.15, 0.2) is 0 Å². The van der Waals surface area contributed by atoms with Crippen molar-refractivity contribution in [3.63, 3.8) is 0 Å². The second-order valence-electron chi connectivity index (χ2n) is 6.51. The third kappa shape index (κ3) is 3.15. The summed E-state index contributed by atoms with van der Waals surface area (Å²) in [6.07, 6.45) is 5.83. The fraction of sp³-hybridized carbons (Fsp3) is 0.588. The lowest BCUT2D eigenvalue weighted by Crippen LogP contribution is -2.49. The Kier molecular flexibility index (Phi) is 5.00. The number of piperidine rings is 1. The fourth-order valence-corrected chi connectivity index (χ4v) is 5.27. The van der Waals surface area contributed by atoms with E-state index in [0.717, 1.165) is 25.0 Å². The van der Waals surface area contributed by atoms with Gasteiger partial charge in [-0.25, -0.2) is 0 Å². The molecule has 5 heteroatoms. The first-order valence-electron chi connectivity index (χ1n) is 8.05. The number of carbonyl (C=O) groups excluding carboxylic acids is 1. The number of nitrogens with one attached hydrogen (secondary N) is 2. The van der Waals surface area contributed by atoms with Gasteiger partial charge < -0.3 is 10.6 Å². The summed E-state index contributed by atoms with van der Waals surface area (Å²) in [5.41, 5.74) is 2.57. The van der Waals surface area contributed by atoms with Crippen LogP contribution in [0.5, 0.6) is 0 Å². The van der Waals surface area contributed by atoms with E-state index in [1.54, 1.807) is 11.8 Å². The maximum absolute atomic E-state index is 12.7. The van der Waals surface area contributed by atoms with Gasteiger partial charge in [0, 0.05) is 18.1 Å². The van der Waals surface area contributed by atoms with Crippen LogP contribution in [-0.2, 0) is 11.2 Å². The standard InChI is InChI=1S/C17H22N2OS.ClH/c20-17(19-14-9-12-5-6-13(10-14)18-12)16-15-4-2-1-3-11(15)7-8-21-16;/h1-4,12-14,16,18H,5-10H2,(H,19,20);1H. The van der Waals surface area contributed by atoms with Gasteiger partial charge in [0.2, 0.25) is 5.91 Å². The number of hydrogen-bond donors (Lipinski definition) is 2. The summed E-state index contributed by atoms with van der Waals surface area (Å²) in [6, 6.07) is 10.0. The molecule has 1 aromatic carbocycles. The van der Waals surface area contributed by atoms with Crippen molar-refractivity contribution in [3.05, 3.63) is 35.4 Å². The number of rotatable bonds is 2. The quantitative estimate of drug-likeness (QED) is 0.871. The van der Waals surface area contributed by atoms with E-state index in [2.05, 4.69) is 34.9 Å². The number of benzene rings is 1. The minimum atomic E-state index is -0.0116. The van der Waals surface area contributed by atoms with Crippen molar-refractivity contribution in [1.82, 2.24) is 10.6 Å². The first-order valence-corrected chi connectivity index (χ1v) is 9.10. The van der Waals surface area contributed by atoms with E-state index < -0.39 is 0 Å². The van der Waals surface area contributed by atoms with Crippen LogP contribution in [0, 0.1) is 0 Å². The molecular weight excluding hydrogens is 316 g/mol. The minimum absolute atomic E-state index is 0. The van der Waals surface area contributed by atoms with E-state index in [1.807, 2.05) is 0 Å². The molecule has 2 saturated heterocycles. The lowest BCUT2D eigenvalue weighted by atomic mass is 9.98. The van der Waals surface area contributed by atoms with Gasteiger partial charge in [-0.1, -0.05) is 24.3 Å². The van der Waals surface area contributed by atoms with Gasteiger partial charge in [0.25, 0.3) is 0 Å². The molecule has 22 heavy (non-hydrogen) atoms. The SMILES string of the molecule is Cl.O=C(NC1CC2CCC(C1)N2)C1SCCc2ccccc21. The molecule has 2 bridgehead atoms. The molecule has 3 aliphatic heterocycles. The number of carbonyl (C=O) groups is 1. The molecule has 3 unspecified atom stereocenters. The van der Waals surface area contributed by atoms with E-state index in [9.17, 15) is 4.79 Å². The lowest BCUT2D eigenvalue weighted by Gasteiger charge is -2.32. The van der Waals surface area contributed by atoms with Crippen LogP contribution >= 0.6 is 24.2 Å². The molecule has 3 atom stereocenters. The molecule has 0 aromatic heterocycles. The number of aryl methyl sites for hydroxylation is 1. The van der Waals surface area contributed by atoms with Crippen LogP contribution in [0.25, 0.3) is 0 Å². The molecule has 0 radical (unpaired) electrons. The van der Waals surface area contributed by atoms with Gasteiger partial charge in [-0.05, 0) is 49.0 Å². The second kappa shape index (κ2) is 6.81. The highest BCUT2D eigenvalue weighted by Gasteiger charge is 2.35. The summed E-state index contributed by atoms with van der Waals surface area (Å²) in [6.45, 7) is 0. The van der Waals surface area contributed by atoms with E-state index >= 15 is 0 Å². The monoisotopic (exact) mass is 338 g/mol. The van der Waals surface area contributed by atoms with E-state index in [4.69, 9.17) is 0 Å². The van der Waals surface area contributed by atoms with Crippen LogP contribution in [0.1, 0.15) is 42.1 Å². The number of thioether (sulfide) groups is 1. The van der Waals surface area contributed by atoms with Crippen molar-refractivity contribution in [2.75, 3.05) is 5.75 Å². The molecule has 2 fully saturated rings. The van der Waals surface area contributed by atoms with E-state index in [-0.39, 0.29) is 23.6 Å². The number of halogens is 1. The maximum atomic E-state index is 12.7. The molecular formula is C17H23ClN2OS. The molecule has 4 rings (SSSR count). The highest BCUT2D eigenvalue weighted by atomic mass is 35.5. The number of hydrogen-bond acceptors (Lipinski definition) is 3. The van der Waals surface area contributed by atoms with Crippen LogP contribution in [0.4, 0.5) is 0 Å². The van der Waals surface area contributed by atoms with Crippen molar-refractivity contribution < 1.29 is 4.79 Å². The van der Waals surface area contributed by atoms with Crippen molar-refractivity contribution in [2.45, 2.75) is 55.5 Å². The van der Waals surface area contributed by atoms with Crippen LogP contribution < -0.4 is 10.6 Å². The van der Waals surface area contributed by atoms with Gasteiger partial charge in [0.1, 0.15) is 5.25 Å². The molecule has 0 saturated carbocycles.